The minimum atomic E-state index is -0.112. The average molecular weight is 366 g/mol. The first-order valence-corrected chi connectivity index (χ1v) is 8.48. The first-order chi connectivity index (χ1) is 11.9. The molecule has 0 unspecified atom stereocenters. The second-order valence-corrected chi connectivity index (χ2v) is 6.57. The summed E-state index contributed by atoms with van der Waals surface area (Å²) in [5.41, 5.74) is 0.446. The molecule has 25 heavy (non-hydrogen) atoms. The van der Waals surface area contributed by atoms with E-state index < -0.39 is 0 Å². The van der Waals surface area contributed by atoms with Crippen molar-refractivity contribution in [3.8, 4) is 0 Å². The average Bonchev–Trinajstić information content (AvgIpc) is 3.13. The van der Waals surface area contributed by atoms with Crippen molar-refractivity contribution in [1.82, 2.24) is 24.5 Å². The summed E-state index contributed by atoms with van der Waals surface area (Å²) in [4.78, 5) is 32.2. The van der Waals surface area contributed by atoms with Crippen LogP contribution in [0.5, 0.6) is 0 Å². The maximum Gasteiger partial charge on any atom is 0.273 e. The number of imidazole rings is 1. The molecule has 1 aliphatic rings. The Bertz CT molecular complexity index is 757. The number of amides is 2. The molecule has 0 fully saturated rings. The zero-order valence-corrected chi connectivity index (χ0v) is 15.0. The van der Waals surface area contributed by atoms with Gasteiger partial charge in [-0.25, -0.2) is 4.98 Å². The summed E-state index contributed by atoms with van der Waals surface area (Å²) in [6.45, 7) is 1.81. The fourth-order valence-electron chi connectivity index (χ4n) is 2.80. The van der Waals surface area contributed by atoms with E-state index in [1.807, 2.05) is 9.47 Å². The van der Waals surface area contributed by atoms with E-state index in [1.165, 1.54) is 4.90 Å². The van der Waals surface area contributed by atoms with Crippen molar-refractivity contribution in [2.45, 2.75) is 25.8 Å². The molecular weight excluding hydrogens is 346 g/mol. The lowest BCUT2D eigenvalue weighted by Crippen LogP contribution is -2.33. The molecule has 3 rings (SSSR count). The molecule has 2 aromatic rings. The van der Waals surface area contributed by atoms with Gasteiger partial charge in [0.25, 0.3) is 5.91 Å². The van der Waals surface area contributed by atoms with Gasteiger partial charge in [0.05, 0.1) is 0 Å². The molecule has 1 aliphatic heterocycles. The van der Waals surface area contributed by atoms with Crippen LogP contribution in [0.1, 0.15) is 28.5 Å². The fourth-order valence-corrected chi connectivity index (χ4v) is 2.95. The summed E-state index contributed by atoms with van der Waals surface area (Å²) in [5, 5.41) is 3.90. The van der Waals surface area contributed by atoms with Crippen LogP contribution in [0.4, 0.5) is 0 Å². The summed E-state index contributed by atoms with van der Waals surface area (Å²) < 4.78 is 6.98. The van der Waals surface area contributed by atoms with Crippen LogP contribution in [0.15, 0.2) is 16.8 Å². The van der Waals surface area contributed by atoms with Crippen LogP contribution >= 0.6 is 11.6 Å². The highest BCUT2D eigenvalue weighted by molar-refractivity contribution is 6.29. The summed E-state index contributed by atoms with van der Waals surface area (Å²) in [6.07, 6.45) is 3.21. The Morgan fingerprint density at radius 1 is 1.32 bits per heavy atom. The van der Waals surface area contributed by atoms with Crippen molar-refractivity contribution >= 4 is 23.4 Å². The molecule has 0 radical (unpaired) electrons. The van der Waals surface area contributed by atoms with E-state index in [2.05, 4.69) is 10.1 Å². The molecule has 0 spiro atoms. The zero-order valence-electron chi connectivity index (χ0n) is 14.2. The van der Waals surface area contributed by atoms with Gasteiger partial charge in [0.1, 0.15) is 17.3 Å². The Hall–Kier alpha value is -2.35. The number of fused-ring (bicyclic) bond motifs is 1. The second kappa shape index (κ2) is 7.26. The minimum absolute atomic E-state index is 0.0582. The normalized spacial score (nSPS) is 14.1. The smallest absolute Gasteiger partial charge is 0.273 e. The third-order valence-electron chi connectivity index (χ3n) is 4.17. The van der Waals surface area contributed by atoms with Gasteiger partial charge in [-0.15, -0.1) is 0 Å². The number of hydrogen-bond donors (Lipinski definition) is 0. The quantitative estimate of drug-likeness (QED) is 0.814. The Morgan fingerprint density at radius 3 is 2.80 bits per heavy atom. The van der Waals surface area contributed by atoms with E-state index in [0.717, 1.165) is 5.82 Å². The largest absolute Gasteiger partial charge is 0.360 e. The van der Waals surface area contributed by atoms with Gasteiger partial charge in [-0.2, -0.15) is 0 Å². The number of carbonyl (C=O) groups is 2. The third kappa shape index (κ3) is 4.01. The Labute approximate surface area is 150 Å². The fraction of sp³-hybridized carbons (Fsp3) is 0.500. The standard InChI is InChI=1S/C16H20ClN5O3/c1-20(2)16(24)12-10-22-8-7-21(6-5-14(22)18-12)15(23)4-3-11-9-13(17)19-25-11/h9-10H,3-8H2,1-2H3. The molecule has 3 heterocycles. The number of aryl methyl sites for hydroxylation is 1. The molecule has 2 aromatic heterocycles. The molecule has 0 N–H and O–H groups in total. The molecule has 9 heteroatoms. The van der Waals surface area contributed by atoms with Gasteiger partial charge in [0.2, 0.25) is 5.91 Å². The van der Waals surface area contributed by atoms with Gasteiger partial charge < -0.3 is 18.9 Å². The molecule has 0 bridgehead atoms. The van der Waals surface area contributed by atoms with Gasteiger partial charge in [0, 0.05) is 65.3 Å². The maximum atomic E-state index is 12.4. The third-order valence-corrected chi connectivity index (χ3v) is 4.35. The van der Waals surface area contributed by atoms with E-state index in [0.29, 0.717) is 55.5 Å². The molecule has 0 aliphatic carbocycles. The summed E-state index contributed by atoms with van der Waals surface area (Å²) in [5.74, 6) is 1.39. The monoisotopic (exact) mass is 365 g/mol. The van der Waals surface area contributed by atoms with Crippen LogP contribution in [0.25, 0.3) is 0 Å². The van der Waals surface area contributed by atoms with E-state index in [9.17, 15) is 9.59 Å². The predicted molar refractivity (Wildman–Crippen MR) is 90.4 cm³/mol. The van der Waals surface area contributed by atoms with E-state index in [4.69, 9.17) is 16.1 Å². The van der Waals surface area contributed by atoms with E-state index in [-0.39, 0.29) is 11.8 Å². The lowest BCUT2D eigenvalue weighted by molar-refractivity contribution is -0.131. The molecule has 2 amide bonds. The van der Waals surface area contributed by atoms with E-state index >= 15 is 0 Å². The van der Waals surface area contributed by atoms with Crippen LogP contribution in [-0.4, -0.2) is 63.5 Å². The highest BCUT2D eigenvalue weighted by atomic mass is 35.5. The molecule has 0 atom stereocenters. The molecule has 8 nitrogen and oxygen atoms in total. The highest BCUT2D eigenvalue weighted by Crippen LogP contribution is 2.14. The SMILES string of the molecule is CN(C)C(=O)c1cn2c(n1)CCN(C(=O)CCc1cc(Cl)no1)CC2. The molecule has 134 valence electrons. The summed E-state index contributed by atoms with van der Waals surface area (Å²) in [7, 11) is 3.41. The van der Waals surface area contributed by atoms with Crippen LogP contribution in [0.2, 0.25) is 5.15 Å². The van der Waals surface area contributed by atoms with E-state index in [1.54, 1.807) is 26.4 Å². The topological polar surface area (TPSA) is 84.5 Å². The Kier molecular flexibility index (Phi) is 5.08. The lowest BCUT2D eigenvalue weighted by Gasteiger charge is -2.19. The minimum Gasteiger partial charge on any atom is -0.360 e. The number of hydrogen-bond acceptors (Lipinski definition) is 5. The van der Waals surface area contributed by atoms with Crippen molar-refractivity contribution in [2.75, 3.05) is 27.2 Å². The van der Waals surface area contributed by atoms with Gasteiger partial charge in [-0.05, 0) is 0 Å². The number of aromatic nitrogens is 3. The van der Waals surface area contributed by atoms with Gasteiger partial charge in [-0.3, -0.25) is 9.59 Å². The zero-order chi connectivity index (χ0) is 18.0. The Morgan fingerprint density at radius 2 is 2.12 bits per heavy atom. The first kappa shape index (κ1) is 17.5. The van der Waals surface area contributed by atoms with Crippen molar-refractivity contribution in [3.05, 3.63) is 34.7 Å². The molecule has 0 aromatic carbocycles. The van der Waals surface area contributed by atoms with Crippen LogP contribution in [-0.2, 0) is 24.2 Å². The Balaban J connectivity index is 1.57. The van der Waals surface area contributed by atoms with Crippen molar-refractivity contribution < 1.29 is 14.1 Å². The second-order valence-electron chi connectivity index (χ2n) is 6.18. The maximum absolute atomic E-state index is 12.4. The van der Waals surface area contributed by atoms with Crippen LogP contribution in [0.3, 0.4) is 0 Å². The van der Waals surface area contributed by atoms with Gasteiger partial charge in [-0.1, -0.05) is 16.8 Å². The predicted octanol–water partition coefficient (Wildman–Crippen LogP) is 1.24. The molecular formula is C16H20ClN5O3. The van der Waals surface area contributed by atoms with Crippen LogP contribution < -0.4 is 0 Å². The number of carbonyl (C=O) groups excluding carboxylic acids is 2. The lowest BCUT2D eigenvalue weighted by atomic mass is 10.2. The summed E-state index contributed by atoms with van der Waals surface area (Å²) >= 11 is 5.70. The van der Waals surface area contributed by atoms with Crippen molar-refractivity contribution in [2.24, 2.45) is 0 Å². The van der Waals surface area contributed by atoms with Gasteiger partial charge >= 0.3 is 0 Å². The summed E-state index contributed by atoms with van der Waals surface area (Å²) in [6, 6.07) is 1.62. The van der Waals surface area contributed by atoms with Crippen molar-refractivity contribution in [3.63, 3.8) is 0 Å². The van der Waals surface area contributed by atoms with Crippen molar-refractivity contribution in [1.29, 1.82) is 0 Å². The van der Waals surface area contributed by atoms with Crippen LogP contribution in [0, 0.1) is 0 Å². The van der Waals surface area contributed by atoms with Gasteiger partial charge in [0.15, 0.2) is 5.15 Å². The number of nitrogens with zero attached hydrogens (tertiary/aromatic N) is 5. The number of halogens is 1. The molecule has 0 saturated carbocycles. The molecule has 0 saturated heterocycles. The number of rotatable bonds is 4. The first-order valence-electron chi connectivity index (χ1n) is 8.10. The highest BCUT2D eigenvalue weighted by Gasteiger charge is 2.22.